The number of ether oxygens (including phenoxy) is 2. The van der Waals surface area contributed by atoms with Crippen molar-refractivity contribution in [2.45, 2.75) is 27.3 Å². The molecule has 7 nitrogen and oxygen atoms in total. The molecule has 0 aliphatic heterocycles. The van der Waals surface area contributed by atoms with E-state index in [4.69, 9.17) is 9.47 Å². The third kappa shape index (κ3) is 4.93. The average molecular weight is 376 g/mol. The van der Waals surface area contributed by atoms with E-state index in [9.17, 15) is 18.8 Å². The molecule has 0 unspecified atom stereocenters. The van der Waals surface area contributed by atoms with Crippen LogP contribution in [0.2, 0.25) is 0 Å². The van der Waals surface area contributed by atoms with Crippen molar-refractivity contribution in [1.82, 2.24) is 10.3 Å². The second-order valence-electron chi connectivity index (χ2n) is 5.79. The number of hydrogen-bond donors (Lipinski definition) is 2. The Balaban J connectivity index is 1.94. The van der Waals surface area contributed by atoms with Crippen LogP contribution < -0.4 is 5.32 Å². The smallest absolute Gasteiger partial charge is 0.355 e. The maximum absolute atomic E-state index is 13.5. The van der Waals surface area contributed by atoms with Gasteiger partial charge < -0.3 is 19.8 Å². The SMILES string of the molecule is CCOC(=O)c1[nH]c(C)c(C(=O)OCC(=O)NCc2ccccc2F)c1C. The Hall–Kier alpha value is -3.16. The molecule has 1 aromatic carbocycles. The first-order valence-corrected chi connectivity index (χ1v) is 8.38. The minimum atomic E-state index is -0.738. The zero-order chi connectivity index (χ0) is 20.0. The maximum Gasteiger partial charge on any atom is 0.355 e. The number of carbonyl (C=O) groups is 3. The van der Waals surface area contributed by atoms with E-state index in [0.717, 1.165) is 0 Å². The number of nitrogens with one attached hydrogen (secondary N) is 2. The molecule has 1 amide bonds. The van der Waals surface area contributed by atoms with Crippen LogP contribution in [0, 0.1) is 19.7 Å². The van der Waals surface area contributed by atoms with Crippen LogP contribution in [0.15, 0.2) is 24.3 Å². The quantitative estimate of drug-likeness (QED) is 0.724. The predicted octanol–water partition coefficient (Wildman–Crippen LogP) is 2.42. The molecule has 1 heterocycles. The molecule has 2 rings (SSSR count). The summed E-state index contributed by atoms with van der Waals surface area (Å²) < 4.78 is 23.4. The van der Waals surface area contributed by atoms with E-state index >= 15 is 0 Å². The highest BCUT2D eigenvalue weighted by Crippen LogP contribution is 2.19. The van der Waals surface area contributed by atoms with E-state index < -0.39 is 30.3 Å². The number of halogens is 1. The molecule has 0 aliphatic rings. The van der Waals surface area contributed by atoms with Gasteiger partial charge in [0.15, 0.2) is 6.61 Å². The molecule has 0 saturated carbocycles. The highest BCUT2D eigenvalue weighted by atomic mass is 19.1. The fraction of sp³-hybridized carbons (Fsp3) is 0.316. The van der Waals surface area contributed by atoms with E-state index in [0.29, 0.717) is 16.8 Å². The lowest BCUT2D eigenvalue weighted by atomic mass is 10.1. The zero-order valence-electron chi connectivity index (χ0n) is 15.3. The summed E-state index contributed by atoms with van der Waals surface area (Å²) >= 11 is 0. The first kappa shape index (κ1) is 20.2. The fourth-order valence-electron chi connectivity index (χ4n) is 2.55. The van der Waals surface area contributed by atoms with E-state index in [-0.39, 0.29) is 24.4 Å². The van der Waals surface area contributed by atoms with Crippen molar-refractivity contribution in [3.8, 4) is 0 Å². The Labute approximate surface area is 155 Å². The molecular formula is C19H21FN2O5. The molecule has 0 radical (unpaired) electrons. The summed E-state index contributed by atoms with van der Waals surface area (Å²) in [6, 6.07) is 6.04. The van der Waals surface area contributed by atoms with Crippen molar-refractivity contribution in [1.29, 1.82) is 0 Å². The molecule has 144 valence electrons. The fourth-order valence-corrected chi connectivity index (χ4v) is 2.55. The highest BCUT2D eigenvalue weighted by Gasteiger charge is 2.24. The van der Waals surface area contributed by atoms with Crippen LogP contribution in [-0.4, -0.2) is 36.0 Å². The molecule has 0 saturated heterocycles. The number of hydrogen-bond acceptors (Lipinski definition) is 5. The molecule has 0 bridgehead atoms. The summed E-state index contributed by atoms with van der Waals surface area (Å²) in [6.07, 6.45) is 0. The van der Waals surface area contributed by atoms with Gasteiger partial charge in [0.05, 0.1) is 12.2 Å². The van der Waals surface area contributed by atoms with Gasteiger partial charge in [0, 0.05) is 17.8 Å². The summed E-state index contributed by atoms with van der Waals surface area (Å²) in [7, 11) is 0. The van der Waals surface area contributed by atoms with Crippen LogP contribution in [0.1, 0.15) is 44.6 Å². The number of rotatable bonds is 7. The zero-order valence-corrected chi connectivity index (χ0v) is 15.3. The maximum atomic E-state index is 13.5. The molecule has 0 fully saturated rings. The van der Waals surface area contributed by atoms with Crippen molar-refractivity contribution >= 4 is 17.8 Å². The molecule has 0 spiro atoms. The lowest BCUT2D eigenvalue weighted by Crippen LogP contribution is -2.28. The van der Waals surface area contributed by atoms with Gasteiger partial charge in [0.2, 0.25) is 0 Å². The van der Waals surface area contributed by atoms with Gasteiger partial charge in [0.25, 0.3) is 5.91 Å². The van der Waals surface area contributed by atoms with Crippen LogP contribution in [0.4, 0.5) is 4.39 Å². The van der Waals surface area contributed by atoms with Gasteiger partial charge in [-0.25, -0.2) is 14.0 Å². The highest BCUT2D eigenvalue weighted by molar-refractivity contribution is 5.99. The third-order valence-corrected chi connectivity index (χ3v) is 3.89. The van der Waals surface area contributed by atoms with Gasteiger partial charge >= 0.3 is 11.9 Å². The predicted molar refractivity (Wildman–Crippen MR) is 94.8 cm³/mol. The van der Waals surface area contributed by atoms with Gasteiger partial charge in [0.1, 0.15) is 11.5 Å². The van der Waals surface area contributed by atoms with Crippen molar-refractivity contribution < 1.29 is 28.2 Å². The van der Waals surface area contributed by atoms with Crippen molar-refractivity contribution in [2.24, 2.45) is 0 Å². The molecule has 8 heteroatoms. The number of esters is 2. The van der Waals surface area contributed by atoms with Crippen LogP contribution in [-0.2, 0) is 20.8 Å². The van der Waals surface area contributed by atoms with Crippen LogP contribution in [0.25, 0.3) is 0 Å². The van der Waals surface area contributed by atoms with Crippen LogP contribution in [0.5, 0.6) is 0 Å². The molecule has 1 aromatic heterocycles. The van der Waals surface area contributed by atoms with E-state index in [1.165, 1.54) is 6.07 Å². The third-order valence-electron chi connectivity index (χ3n) is 3.89. The van der Waals surface area contributed by atoms with E-state index in [1.54, 1.807) is 39.0 Å². The number of benzene rings is 1. The van der Waals surface area contributed by atoms with Crippen LogP contribution >= 0.6 is 0 Å². The molecule has 27 heavy (non-hydrogen) atoms. The second kappa shape index (κ2) is 8.98. The minimum absolute atomic E-state index is 0.0156. The monoisotopic (exact) mass is 376 g/mol. The van der Waals surface area contributed by atoms with E-state index in [1.807, 2.05) is 0 Å². The van der Waals surface area contributed by atoms with Crippen LogP contribution in [0.3, 0.4) is 0 Å². The molecule has 2 aromatic rings. The number of carbonyl (C=O) groups excluding carboxylic acids is 3. The minimum Gasteiger partial charge on any atom is -0.461 e. The number of aryl methyl sites for hydroxylation is 1. The van der Waals surface area contributed by atoms with Gasteiger partial charge in [-0.15, -0.1) is 0 Å². The van der Waals surface area contributed by atoms with Gasteiger partial charge in [-0.1, -0.05) is 18.2 Å². The average Bonchev–Trinajstić information content (AvgIpc) is 2.93. The summed E-state index contributed by atoms with van der Waals surface area (Å²) in [5, 5.41) is 2.48. The lowest BCUT2D eigenvalue weighted by molar-refractivity contribution is -0.124. The van der Waals surface area contributed by atoms with Gasteiger partial charge in [-0.05, 0) is 32.4 Å². The summed E-state index contributed by atoms with van der Waals surface area (Å²) in [6.45, 7) is 4.55. The Morgan fingerprint density at radius 2 is 1.81 bits per heavy atom. The Bertz CT molecular complexity index is 860. The number of H-pyrrole nitrogens is 1. The Morgan fingerprint density at radius 3 is 2.48 bits per heavy atom. The first-order valence-electron chi connectivity index (χ1n) is 8.38. The number of aromatic amines is 1. The largest absolute Gasteiger partial charge is 0.461 e. The summed E-state index contributed by atoms with van der Waals surface area (Å²) in [5.74, 6) is -2.31. The Morgan fingerprint density at radius 1 is 1.11 bits per heavy atom. The van der Waals surface area contributed by atoms with E-state index in [2.05, 4.69) is 10.3 Å². The van der Waals surface area contributed by atoms with Gasteiger partial charge in [-0.3, -0.25) is 4.79 Å². The molecule has 2 N–H and O–H groups in total. The Kier molecular flexibility index (Phi) is 6.70. The molecule has 0 aliphatic carbocycles. The second-order valence-corrected chi connectivity index (χ2v) is 5.79. The van der Waals surface area contributed by atoms with Gasteiger partial charge in [-0.2, -0.15) is 0 Å². The normalized spacial score (nSPS) is 10.4. The first-order chi connectivity index (χ1) is 12.8. The lowest BCUT2D eigenvalue weighted by Gasteiger charge is -2.08. The van der Waals surface area contributed by atoms with Crippen molar-refractivity contribution in [3.05, 3.63) is 58.2 Å². The summed E-state index contributed by atoms with van der Waals surface area (Å²) in [4.78, 5) is 38.8. The standard InChI is InChI=1S/C19H21FN2O5/c1-4-26-19(25)17-11(2)16(12(3)22-17)18(24)27-10-15(23)21-9-13-7-5-6-8-14(13)20/h5-8,22H,4,9-10H2,1-3H3,(H,21,23). The number of amides is 1. The topological polar surface area (TPSA) is 97.5 Å². The summed E-state index contributed by atoms with van der Waals surface area (Å²) in [5.41, 5.74) is 1.51. The van der Waals surface area contributed by atoms with Crippen molar-refractivity contribution in [3.63, 3.8) is 0 Å². The molecular weight excluding hydrogens is 355 g/mol. The van der Waals surface area contributed by atoms with Crippen molar-refractivity contribution in [2.75, 3.05) is 13.2 Å². The molecule has 0 atom stereocenters. The number of aromatic nitrogens is 1.